The van der Waals surface area contributed by atoms with E-state index >= 15 is 0 Å². The van der Waals surface area contributed by atoms with Gasteiger partial charge in [0, 0.05) is 0 Å². The molecule has 3 N–H and O–H groups in total. The van der Waals surface area contributed by atoms with Gasteiger partial charge in [-0.2, -0.15) is 0 Å². The van der Waals surface area contributed by atoms with Crippen LogP contribution in [0.3, 0.4) is 0 Å². The zero-order valence-corrected chi connectivity index (χ0v) is 17.9. The largest absolute Gasteiger partial charge is 0.454 e. The second-order valence-electron chi connectivity index (χ2n) is 4.84. The van der Waals surface area contributed by atoms with Gasteiger partial charge in [-0.1, -0.05) is 43.2 Å². The van der Waals surface area contributed by atoms with E-state index in [0.717, 1.165) is 48.5 Å². The van der Waals surface area contributed by atoms with E-state index < -0.39 is 0 Å². The molecule has 0 unspecified atom stereocenters. The van der Waals surface area contributed by atoms with Crippen molar-refractivity contribution in [3.05, 3.63) is 0 Å². The molecule has 3 radical (unpaired) electrons. The lowest BCUT2D eigenvalue weighted by Gasteiger charge is -1.89. The fourth-order valence-electron chi connectivity index (χ4n) is 0.355. The zero-order chi connectivity index (χ0) is 20.7. The van der Waals surface area contributed by atoms with Crippen LogP contribution in [0.2, 0.25) is 0 Å². The highest BCUT2D eigenvalue weighted by Gasteiger charge is 1.80. The lowest BCUT2D eigenvalue weighted by Crippen LogP contribution is -1.87. The molecule has 0 heterocycles. The lowest BCUT2D eigenvalue weighted by molar-refractivity contribution is 0.317. The highest BCUT2D eigenvalue weighted by molar-refractivity contribution is 5.98. The minimum atomic E-state index is 0.773. The molecule has 147 valence electrons. The van der Waals surface area contributed by atoms with Gasteiger partial charge in [-0.3, -0.25) is 0 Å². The molecule has 0 aromatic heterocycles. The van der Waals surface area contributed by atoms with E-state index in [9.17, 15) is 0 Å². The van der Waals surface area contributed by atoms with Crippen molar-refractivity contribution in [2.24, 2.45) is 20.6 Å². The summed E-state index contributed by atoms with van der Waals surface area (Å²) < 4.78 is 4.29. The Kier molecular flexibility index (Phi) is 33.4. The molecule has 0 atom stereocenters. The Labute approximate surface area is 155 Å². The van der Waals surface area contributed by atoms with E-state index in [1.54, 1.807) is 20.8 Å². The van der Waals surface area contributed by atoms with E-state index in [1.807, 2.05) is 34.6 Å². The Morgan fingerprint density at radius 2 is 0.880 bits per heavy atom. The first-order valence-electron chi connectivity index (χ1n) is 8.12. The maximum absolute atomic E-state index is 7.92. The van der Waals surface area contributed by atoms with Crippen LogP contribution < -0.4 is 0 Å². The highest BCUT2D eigenvalue weighted by Crippen LogP contribution is 1.81. The third-order valence-corrected chi connectivity index (χ3v) is 2.85. The molecule has 0 aromatic carbocycles. The molecule has 0 aliphatic carbocycles. The first-order chi connectivity index (χ1) is 11.7. The van der Waals surface area contributed by atoms with Crippen molar-refractivity contribution >= 4 is 33.3 Å². The molecule has 8 nitrogen and oxygen atoms in total. The molecule has 0 fully saturated rings. The van der Waals surface area contributed by atoms with Gasteiger partial charge >= 0.3 is 10.5 Å². The molecule has 0 saturated carbocycles. The summed E-state index contributed by atoms with van der Waals surface area (Å²) in [6, 6.07) is 0. The Hall–Kier alpha value is -1.90. The molecule has 0 aromatic rings. The predicted octanol–water partition coefficient (Wildman–Crippen LogP) is 4.61. The number of nitrogens with zero attached hydrogens (tertiary/aromatic N) is 4. The van der Waals surface area contributed by atoms with Crippen LogP contribution in [-0.4, -0.2) is 49.0 Å². The molecule has 0 aliphatic rings. The molecule has 0 aliphatic heterocycles. The van der Waals surface area contributed by atoms with Crippen LogP contribution in [0.15, 0.2) is 20.6 Å². The van der Waals surface area contributed by atoms with E-state index in [0.29, 0.717) is 0 Å². The summed E-state index contributed by atoms with van der Waals surface area (Å²) in [7, 11) is 2.75. The summed E-state index contributed by atoms with van der Waals surface area (Å²) in [5.41, 5.74) is 3.30. The van der Waals surface area contributed by atoms with Crippen LogP contribution in [0.4, 0.5) is 0 Å². The van der Waals surface area contributed by atoms with Crippen molar-refractivity contribution in [2.45, 2.75) is 81.1 Å². The van der Waals surface area contributed by atoms with Crippen molar-refractivity contribution in [3.8, 4) is 0 Å². The van der Waals surface area contributed by atoms with Gasteiger partial charge in [-0.15, -0.1) is 5.16 Å². The van der Waals surface area contributed by atoms with Crippen LogP contribution in [0.1, 0.15) is 81.1 Å². The average molecular weight is 376 g/mol. The molecule has 0 rings (SSSR count). The summed E-state index contributed by atoms with van der Waals surface area (Å²) in [4.78, 5) is 0. The minimum Gasteiger partial charge on any atom is -0.454 e. The fraction of sp³-hybridized carbons (Fsp3) is 0.750. The zero-order valence-electron chi connectivity index (χ0n) is 16.9. The Bertz CT molecular complexity index is 355. The molecule has 0 saturated heterocycles. The summed E-state index contributed by atoms with van der Waals surface area (Å²) in [6.45, 7) is 15.1. The smallest absolute Gasteiger partial charge is 0.387 e. The number of hydrogen-bond acceptors (Lipinski definition) is 8. The van der Waals surface area contributed by atoms with Crippen LogP contribution in [0.25, 0.3) is 0 Å². The van der Waals surface area contributed by atoms with E-state index in [2.05, 4.69) is 35.6 Å². The Morgan fingerprint density at radius 3 is 0.920 bits per heavy atom. The number of oxime groups is 4. The summed E-state index contributed by atoms with van der Waals surface area (Å²) >= 11 is 0. The second-order valence-corrected chi connectivity index (χ2v) is 5.02. The molecular formula is C16H35N4O4Si. The van der Waals surface area contributed by atoms with Gasteiger partial charge in [0.05, 0.1) is 22.8 Å². The highest BCUT2D eigenvalue weighted by atomic mass is 28.2. The summed E-state index contributed by atoms with van der Waals surface area (Å²) in [5, 5.41) is 36.1. The molecular weight excluding hydrogens is 340 g/mol. The van der Waals surface area contributed by atoms with Crippen molar-refractivity contribution < 1.29 is 20.1 Å². The first-order valence-corrected chi connectivity index (χ1v) is 8.53. The maximum Gasteiger partial charge on any atom is 0.387 e. The third-order valence-electron chi connectivity index (χ3n) is 2.76. The quantitative estimate of drug-likeness (QED) is 0.281. The van der Waals surface area contributed by atoms with Crippen molar-refractivity contribution in [1.82, 2.24) is 0 Å². The predicted molar refractivity (Wildman–Crippen MR) is 106 cm³/mol. The van der Waals surface area contributed by atoms with E-state index in [-0.39, 0.29) is 0 Å². The molecule has 0 bridgehead atoms. The second kappa shape index (κ2) is 27.0. The SMILES string of the molecule is CC/C(C)=N/O.CC/C(C)=N/O.CC/C(C)=N/O.CC/C(C)=N/O[Si]. The van der Waals surface area contributed by atoms with Crippen molar-refractivity contribution in [1.29, 1.82) is 0 Å². The molecule has 0 spiro atoms. The monoisotopic (exact) mass is 375 g/mol. The molecule has 25 heavy (non-hydrogen) atoms. The van der Waals surface area contributed by atoms with Gasteiger partial charge in [0.25, 0.3) is 0 Å². The topological polar surface area (TPSA) is 119 Å². The van der Waals surface area contributed by atoms with Gasteiger partial charge in [-0.05, 0) is 53.4 Å². The Balaban J connectivity index is -0.000000118. The lowest BCUT2D eigenvalue weighted by atomic mass is 10.3. The maximum atomic E-state index is 7.92. The summed E-state index contributed by atoms with van der Waals surface area (Å²) in [5.74, 6) is 0. The first kappa shape index (κ1) is 30.9. The van der Waals surface area contributed by atoms with Crippen molar-refractivity contribution in [2.75, 3.05) is 0 Å². The third kappa shape index (κ3) is 39.2. The van der Waals surface area contributed by atoms with Crippen LogP contribution in [0, 0.1) is 0 Å². The Morgan fingerprint density at radius 1 is 0.640 bits per heavy atom. The van der Waals surface area contributed by atoms with E-state index in [1.165, 1.54) is 0 Å². The molecule has 9 heteroatoms. The average Bonchev–Trinajstić information content (AvgIpc) is 2.67. The van der Waals surface area contributed by atoms with Gasteiger partial charge in [0.2, 0.25) is 0 Å². The van der Waals surface area contributed by atoms with Crippen LogP contribution >= 0.6 is 0 Å². The number of rotatable bonds is 5. The number of hydrogen-bond donors (Lipinski definition) is 3. The fourth-order valence-corrected chi connectivity index (χ4v) is 0.510. The van der Waals surface area contributed by atoms with Gasteiger partial charge in [0.1, 0.15) is 0 Å². The molecule has 0 amide bonds. The normalized spacial score (nSPS) is 11.9. The standard InChI is InChI=1S/C4H8NOSi.3C4H9NO/c1-3-4(2)5-6-7;3*1-3-4(2)5-6/h3H2,1-2H3;3*6H,3H2,1-2H3/b4*5-4+. The van der Waals surface area contributed by atoms with Crippen molar-refractivity contribution in [3.63, 3.8) is 0 Å². The van der Waals surface area contributed by atoms with Crippen LogP contribution in [0.5, 0.6) is 0 Å². The van der Waals surface area contributed by atoms with Gasteiger partial charge in [0.15, 0.2) is 0 Å². The minimum absolute atomic E-state index is 0.773. The van der Waals surface area contributed by atoms with Gasteiger partial charge in [-0.25, -0.2) is 0 Å². The van der Waals surface area contributed by atoms with E-state index in [4.69, 9.17) is 15.6 Å². The van der Waals surface area contributed by atoms with Crippen LogP contribution in [-0.2, 0) is 4.53 Å². The van der Waals surface area contributed by atoms with Gasteiger partial charge < -0.3 is 20.1 Å². The summed E-state index contributed by atoms with van der Waals surface area (Å²) in [6.07, 6.45) is 3.42.